The van der Waals surface area contributed by atoms with Crippen LogP contribution >= 0.6 is 15.9 Å². The van der Waals surface area contributed by atoms with Crippen molar-refractivity contribution in [1.29, 1.82) is 0 Å². The van der Waals surface area contributed by atoms with Crippen LogP contribution in [0.4, 0.5) is 18.9 Å². The molecule has 0 aliphatic carbocycles. The van der Waals surface area contributed by atoms with Gasteiger partial charge in [0, 0.05) is 29.2 Å². The third-order valence-electron chi connectivity index (χ3n) is 2.07. The molecule has 0 atom stereocenters. The second kappa shape index (κ2) is 6.14. The number of benzene rings is 1. The van der Waals surface area contributed by atoms with Gasteiger partial charge in [-0.2, -0.15) is 13.2 Å². The minimum absolute atomic E-state index is 0.0539. The Bertz CT molecular complexity index is 368. The Balaban J connectivity index is 2.44. The van der Waals surface area contributed by atoms with E-state index < -0.39 is 12.6 Å². The van der Waals surface area contributed by atoms with Gasteiger partial charge in [-0.1, -0.05) is 15.9 Å². The summed E-state index contributed by atoms with van der Waals surface area (Å²) in [7, 11) is 1.54. The number of anilines is 1. The number of rotatable bonds is 5. The van der Waals surface area contributed by atoms with Gasteiger partial charge in [0.25, 0.3) is 0 Å². The van der Waals surface area contributed by atoms with Crippen molar-refractivity contribution in [2.75, 3.05) is 19.0 Å². The van der Waals surface area contributed by atoms with Crippen LogP contribution in [0, 0.1) is 0 Å². The molecule has 6 heteroatoms. The Hall–Kier alpha value is -0.910. The molecular formula is C11H13BrF3NO. The van der Waals surface area contributed by atoms with Crippen LogP contribution in [0.3, 0.4) is 0 Å². The molecule has 0 aliphatic heterocycles. The molecule has 1 aromatic carbocycles. The van der Waals surface area contributed by atoms with Gasteiger partial charge in [0.1, 0.15) is 5.75 Å². The highest BCUT2D eigenvalue weighted by Crippen LogP contribution is 2.25. The predicted molar refractivity (Wildman–Crippen MR) is 64.5 cm³/mol. The first-order valence-corrected chi connectivity index (χ1v) is 5.85. The molecular weight excluding hydrogens is 299 g/mol. The summed E-state index contributed by atoms with van der Waals surface area (Å²) >= 11 is 3.29. The van der Waals surface area contributed by atoms with E-state index in [-0.39, 0.29) is 13.0 Å². The molecule has 0 saturated carbocycles. The molecule has 0 aliphatic rings. The van der Waals surface area contributed by atoms with Crippen molar-refractivity contribution < 1.29 is 17.9 Å². The maximum absolute atomic E-state index is 11.9. The zero-order valence-corrected chi connectivity index (χ0v) is 10.9. The van der Waals surface area contributed by atoms with E-state index in [1.54, 1.807) is 18.2 Å². The Labute approximate surface area is 106 Å². The van der Waals surface area contributed by atoms with Crippen LogP contribution in [-0.2, 0) is 0 Å². The second-order valence-electron chi connectivity index (χ2n) is 3.53. The summed E-state index contributed by atoms with van der Waals surface area (Å²) in [6.45, 7) is 0.277. The minimum atomic E-state index is -4.09. The highest BCUT2D eigenvalue weighted by molar-refractivity contribution is 9.10. The lowest BCUT2D eigenvalue weighted by molar-refractivity contribution is -0.134. The van der Waals surface area contributed by atoms with Crippen molar-refractivity contribution >= 4 is 21.6 Å². The topological polar surface area (TPSA) is 21.3 Å². The number of alkyl halides is 3. The zero-order valence-electron chi connectivity index (χ0n) is 9.27. The molecule has 0 amide bonds. The van der Waals surface area contributed by atoms with Crippen molar-refractivity contribution in [3.8, 4) is 5.75 Å². The van der Waals surface area contributed by atoms with Crippen LogP contribution in [0.1, 0.15) is 12.8 Å². The summed E-state index contributed by atoms with van der Waals surface area (Å²) in [5, 5.41) is 2.92. The smallest absolute Gasteiger partial charge is 0.389 e. The van der Waals surface area contributed by atoms with E-state index in [2.05, 4.69) is 21.2 Å². The number of methoxy groups -OCH3 is 1. The van der Waals surface area contributed by atoms with Gasteiger partial charge in [-0.15, -0.1) is 0 Å². The molecule has 2 nitrogen and oxygen atoms in total. The third kappa shape index (κ3) is 5.81. The molecule has 0 saturated heterocycles. The predicted octanol–water partition coefficient (Wildman–Crippen LogP) is 4.21. The van der Waals surface area contributed by atoms with Crippen molar-refractivity contribution in [3.05, 3.63) is 22.7 Å². The molecule has 0 spiro atoms. The summed E-state index contributed by atoms with van der Waals surface area (Å²) in [6, 6.07) is 5.30. The number of nitrogens with one attached hydrogen (secondary N) is 1. The summed E-state index contributed by atoms with van der Waals surface area (Å²) < 4.78 is 41.6. The Morgan fingerprint density at radius 1 is 1.29 bits per heavy atom. The van der Waals surface area contributed by atoms with Crippen LogP contribution in [0.2, 0.25) is 0 Å². The Morgan fingerprint density at radius 3 is 2.59 bits per heavy atom. The standard InChI is InChI=1S/C11H13BrF3NO/c1-17-10-6-8(12)5-9(7-10)16-4-2-3-11(13,14)15/h5-7,16H,2-4H2,1H3. The fraction of sp³-hybridized carbons (Fsp3) is 0.455. The fourth-order valence-electron chi connectivity index (χ4n) is 1.30. The van der Waals surface area contributed by atoms with Crippen LogP contribution in [0.15, 0.2) is 22.7 Å². The third-order valence-corrected chi connectivity index (χ3v) is 2.53. The normalized spacial score (nSPS) is 11.4. The average Bonchev–Trinajstić information content (AvgIpc) is 2.22. The molecule has 0 heterocycles. The number of halogens is 4. The van der Waals surface area contributed by atoms with Gasteiger partial charge < -0.3 is 10.1 Å². The van der Waals surface area contributed by atoms with Gasteiger partial charge in [0.05, 0.1) is 7.11 Å². The lowest BCUT2D eigenvalue weighted by atomic mass is 10.2. The van der Waals surface area contributed by atoms with Gasteiger partial charge in [-0.3, -0.25) is 0 Å². The molecule has 0 unspecified atom stereocenters. The molecule has 1 aromatic rings. The summed E-state index contributed by atoms with van der Waals surface area (Å²) in [4.78, 5) is 0. The maximum Gasteiger partial charge on any atom is 0.389 e. The van der Waals surface area contributed by atoms with E-state index in [9.17, 15) is 13.2 Å². The molecule has 1 rings (SSSR count). The van der Waals surface area contributed by atoms with Gasteiger partial charge in [0.15, 0.2) is 0 Å². The Morgan fingerprint density at radius 2 is 2.00 bits per heavy atom. The van der Waals surface area contributed by atoms with Gasteiger partial charge in [0.2, 0.25) is 0 Å². The first-order chi connectivity index (χ1) is 7.90. The molecule has 96 valence electrons. The van der Waals surface area contributed by atoms with Gasteiger partial charge >= 0.3 is 6.18 Å². The molecule has 0 bridgehead atoms. The van der Waals surface area contributed by atoms with Crippen molar-refractivity contribution in [3.63, 3.8) is 0 Å². The monoisotopic (exact) mass is 311 g/mol. The molecule has 17 heavy (non-hydrogen) atoms. The number of hydrogen-bond acceptors (Lipinski definition) is 2. The van der Waals surface area contributed by atoms with Crippen molar-refractivity contribution in [1.82, 2.24) is 0 Å². The molecule has 0 fully saturated rings. The largest absolute Gasteiger partial charge is 0.497 e. The molecule has 1 N–H and O–H groups in total. The maximum atomic E-state index is 11.9. The highest BCUT2D eigenvalue weighted by Gasteiger charge is 2.25. The molecule has 0 radical (unpaired) electrons. The first-order valence-electron chi connectivity index (χ1n) is 5.06. The highest BCUT2D eigenvalue weighted by atomic mass is 79.9. The quantitative estimate of drug-likeness (QED) is 0.822. The number of ether oxygens (including phenoxy) is 1. The van der Waals surface area contributed by atoms with Gasteiger partial charge in [-0.25, -0.2) is 0 Å². The van der Waals surface area contributed by atoms with Crippen LogP contribution < -0.4 is 10.1 Å². The SMILES string of the molecule is COc1cc(Br)cc(NCCCC(F)(F)F)c1. The second-order valence-corrected chi connectivity index (χ2v) is 4.44. The lowest BCUT2D eigenvalue weighted by Crippen LogP contribution is -2.10. The summed E-state index contributed by atoms with van der Waals surface area (Å²) in [6.07, 6.45) is -4.81. The van der Waals surface area contributed by atoms with Crippen molar-refractivity contribution in [2.45, 2.75) is 19.0 Å². The van der Waals surface area contributed by atoms with E-state index in [0.29, 0.717) is 5.75 Å². The number of hydrogen-bond donors (Lipinski definition) is 1. The lowest BCUT2D eigenvalue weighted by Gasteiger charge is -2.10. The molecule has 0 aromatic heterocycles. The average molecular weight is 312 g/mol. The zero-order chi connectivity index (χ0) is 12.9. The van der Waals surface area contributed by atoms with Crippen LogP contribution in [0.25, 0.3) is 0 Å². The van der Waals surface area contributed by atoms with E-state index in [4.69, 9.17) is 4.74 Å². The van der Waals surface area contributed by atoms with Gasteiger partial charge in [-0.05, 0) is 18.6 Å². The minimum Gasteiger partial charge on any atom is -0.497 e. The van der Waals surface area contributed by atoms with Crippen molar-refractivity contribution in [2.24, 2.45) is 0 Å². The summed E-state index contributed by atoms with van der Waals surface area (Å²) in [5.74, 6) is 0.651. The van der Waals surface area contributed by atoms with Crippen LogP contribution in [-0.4, -0.2) is 19.8 Å². The fourth-order valence-corrected chi connectivity index (χ4v) is 1.78. The first kappa shape index (κ1) is 14.2. The van der Waals surface area contributed by atoms with Crippen LogP contribution in [0.5, 0.6) is 5.75 Å². The van der Waals surface area contributed by atoms with E-state index in [0.717, 1.165) is 10.2 Å². The van der Waals surface area contributed by atoms with E-state index in [1.807, 2.05) is 0 Å². The summed E-state index contributed by atoms with van der Waals surface area (Å²) in [5.41, 5.74) is 0.735. The Kier molecular flexibility index (Phi) is 5.11. The van der Waals surface area contributed by atoms with E-state index in [1.165, 1.54) is 7.11 Å². The van der Waals surface area contributed by atoms with E-state index >= 15 is 0 Å².